The number of nitrogens with zero attached hydrogens (tertiary/aromatic N) is 2. The summed E-state index contributed by atoms with van der Waals surface area (Å²) >= 11 is 0. The number of aromatic amines is 1. The Labute approximate surface area is 135 Å². The van der Waals surface area contributed by atoms with Crippen molar-refractivity contribution in [2.24, 2.45) is 0 Å². The zero-order valence-corrected chi connectivity index (χ0v) is 12.8. The largest absolute Gasteiger partial charge is 0.391 e. The fourth-order valence-electron chi connectivity index (χ4n) is 2.91. The summed E-state index contributed by atoms with van der Waals surface area (Å²) in [5, 5.41) is 9.91. The minimum absolute atomic E-state index is 0.0238. The highest BCUT2D eigenvalue weighted by Gasteiger charge is 2.36. The Hall–Kier alpha value is -2.61. The van der Waals surface area contributed by atoms with Gasteiger partial charge in [0, 0.05) is 12.2 Å². The first kappa shape index (κ1) is 16.3. The molecule has 2 N–H and O–H groups in total. The number of hydrogen-bond acceptors (Lipinski definition) is 4. The van der Waals surface area contributed by atoms with Crippen LogP contribution in [0.2, 0.25) is 0 Å². The van der Waals surface area contributed by atoms with E-state index in [1.807, 2.05) is 0 Å². The standard InChI is InChI=1S/C16H15F2N3O3/c1-8-4-13(20-16(24)19-8)15(23)21-7-10(22)6-14(21)9-2-3-11(17)12(18)5-9/h2-5,10,14,22H,6-7H2,1H3,(H,19,20,24)/t10-,14-/m1/s1. The molecule has 1 amide bonds. The Bertz CT molecular complexity index is 853. The van der Waals surface area contributed by atoms with Crippen molar-refractivity contribution in [1.82, 2.24) is 14.9 Å². The van der Waals surface area contributed by atoms with Gasteiger partial charge >= 0.3 is 5.69 Å². The highest BCUT2D eigenvalue weighted by Crippen LogP contribution is 2.33. The molecule has 2 atom stereocenters. The summed E-state index contributed by atoms with van der Waals surface area (Å²) in [6.45, 7) is 1.64. The van der Waals surface area contributed by atoms with Gasteiger partial charge in [-0.25, -0.2) is 13.6 Å². The van der Waals surface area contributed by atoms with Crippen molar-refractivity contribution in [2.75, 3.05) is 6.54 Å². The van der Waals surface area contributed by atoms with E-state index < -0.39 is 35.4 Å². The molecule has 0 radical (unpaired) electrons. The number of carbonyl (C=O) groups excluding carboxylic acids is 1. The smallest absolute Gasteiger partial charge is 0.345 e. The minimum atomic E-state index is -1.02. The van der Waals surface area contributed by atoms with E-state index >= 15 is 0 Å². The van der Waals surface area contributed by atoms with E-state index in [2.05, 4.69) is 9.97 Å². The van der Waals surface area contributed by atoms with Gasteiger partial charge in [-0.15, -0.1) is 0 Å². The number of carbonyl (C=O) groups is 1. The van der Waals surface area contributed by atoms with Crippen molar-refractivity contribution in [3.05, 3.63) is 63.3 Å². The normalized spacial score (nSPS) is 20.4. The number of H-pyrrole nitrogens is 1. The lowest BCUT2D eigenvalue weighted by molar-refractivity contribution is 0.0709. The number of aromatic nitrogens is 2. The highest BCUT2D eigenvalue weighted by atomic mass is 19.2. The van der Waals surface area contributed by atoms with Crippen LogP contribution in [0.3, 0.4) is 0 Å². The summed E-state index contributed by atoms with van der Waals surface area (Å²) < 4.78 is 26.6. The summed E-state index contributed by atoms with van der Waals surface area (Å²) in [6.07, 6.45) is -0.603. The lowest BCUT2D eigenvalue weighted by atomic mass is 10.0. The van der Waals surface area contributed by atoms with E-state index in [1.165, 1.54) is 17.0 Å². The van der Waals surface area contributed by atoms with Gasteiger partial charge in [0.15, 0.2) is 11.6 Å². The Balaban J connectivity index is 1.96. The fraction of sp³-hybridized carbons (Fsp3) is 0.312. The Morgan fingerprint density at radius 2 is 2.08 bits per heavy atom. The van der Waals surface area contributed by atoms with Crippen LogP contribution in [-0.4, -0.2) is 38.5 Å². The number of β-amino-alcohol motifs (C(OH)–C–C–N with tert-alkyl or cyclic N) is 1. The fourth-order valence-corrected chi connectivity index (χ4v) is 2.91. The number of rotatable bonds is 2. The number of hydrogen-bond donors (Lipinski definition) is 2. The monoisotopic (exact) mass is 335 g/mol. The SMILES string of the molecule is Cc1cc(C(=O)N2C[C@H](O)C[C@@H]2c2ccc(F)c(F)c2)nc(=O)[nH]1. The lowest BCUT2D eigenvalue weighted by Crippen LogP contribution is -2.34. The van der Waals surface area contributed by atoms with Gasteiger partial charge in [-0.05, 0) is 37.1 Å². The van der Waals surface area contributed by atoms with Crippen LogP contribution >= 0.6 is 0 Å². The maximum Gasteiger partial charge on any atom is 0.345 e. The van der Waals surface area contributed by atoms with Crippen molar-refractivity contribution in [3.63, 3.8) is 0 Å². The van der Waals surface area contributed by atoms with Crippen LogP contribution in [0.15, 0.2) is 29.1 Å². The van der Waals surface area contributed by atoms with Gasteiger partial charge in [-0.2, -0.15) is 4.98 Å². The number of benzene rings is 1. The Morgan fingerprint density at radius 3 is 2.75 bits per heavy atom. The van der Waals surface area contributed by atoms with Crippen molar-refractivity contribution in [3.8, 4) is 0 Å². The molecule has 8 heteroatoms. The predicted molar refractivity (Wildman–Crippen MR) is 80.4 cm³/mol. The maximum absolute atomic E-state index is 13.5. The Kier molecular flexibility index (Phi) is 4.15. The van der Waals surface area contributed by atoms with Gasteiger partial charge in [0.2, 0.25) is 0 Å². The molecule has 6 nitrogen and oxygen atoms in total. The first-order valence-corrected chi connectivity index (χ1v) is 7.37. The molecule has 0 spiro atoms. The summed E-state index contributed by atoms with van der Waals surface area (Å²) in [5.41, 5.74) is 0.142. The van der Waals surface area contributed by atoms with Crippen molar-refractivity contribution < 1.29 is 18.7 Å². The van der Waals surface area contributed by atoms with Crippen LogP contribution in [0.25, 0.3) is 0 Å². The summed E-state index contributed by atoms with van der Waals surface area (Å²) in [6, 6.07) is 4.17. The van der Waals surface area contributed by atoms with Crippen LogP contribution in [0.5, 0.6) is 0 Å². The number of nitrogens with one attached hydrogen (secondary N) is 1. The molecular formula is C16H15F2N3O3. The number of aryl methyl sites for hydroxylation is 1. The first-order valence-electron chi connectivity index (χ1n) is 7.37. The molecular weight excluding hydrogens is 320 g/mol. The number of amides is 1. The summed E-state index contributed by atoms with van der Waals surface area (Å²) in [7, 11) is 0. The number of likely N-dealkylation sites (tertiary alicyclic amines) is 1. The van der Waals surface area contributed by atoms with Crippen LogP contribution in [-0.2, 0) is 0 Å². The topological polar surface area (TPSA) is 86.3 Å². The second-order valence-electron chi connectivity index (χ2n) is 5.79. The third kappa shape index (κ3) is 3.05. The van der Waals surface area contributed by atoms with Gasteiger partial charge in [-0.3, -0.25) is 4.79 Å². The minimum Gasteiger partial charge on any atom is -0.391 e. The van der Waals surface area contributed by atoms with Crippen LogP contribution in [0, 0.1) is 18.6 Å². The molecule has 1 saturated heterocycles. The predicted octanol–water partition coefficient (Wildman–Crippen LogP) is 1.30. The molecule has 0 unspecified atom stereocenters. The van der Waals surface area contributed by atoms with Gasteiger partial charge in [0.05, 0.1) is 12.1 Å². The molecule has 1 fully saturated rings. The van der Waals surface area contributed by atoms with E-state index in [9.17, 15) is 23.5 Å². The van der Waals surface area contributed by atoms with Gasteiger partial charge in [0.25, 0.3) is 5.91 Å². The molecule has 24 heavy (non-hydrogen) atoms. The van der Waals surface area contributed by atoms with Crippen LogP contribution in [0.4, 0.5) is 8.78 Å². The molecule has 1 aromatic carbocycles. The van der Waals surface area contributed by atoms with Gasteiger partial charge in [-0.1, -0.05) is 6.07 Å². The van der Waals surface area contributed by atoms with Crippen molar-refractivity contribution in [1.29, 1.82) is 0 Å². The van der Waals surface area contributed by atoms with E-state index in [1.54, 1.807) is 6.92 Å². The zero-order valence-electron chi connectivity index (χ0n) is 12.8. The quantitative estimate of drug-likeness (QED) is 0.866. The van der Waals surface area contributed by atoms with E-state index in [4.69, 9.17) is 0 Å². The lowest BCUT2D eigenvalue weighted by Gasteiger charge is -2.24. The second kappa shape index (κ2) is 6.12. The zero-order chi connectivity index (χ0) is 17.4. The van der Waals surface area contributed by atoms with Gasteiger partial charge in [0.1, 0.15) is 5.69 Å². The average Bonchev–Trinajstić information content (AvgIpc) is 2.90. The molecule has 1 aliphatic heterocycles. The van der Waals surface area contributed by atoms with E-state index in [-0.39, 0.29) is 18.7 Å². The van der Waals surface area contributed by atoms with Crippen molar-refractivity contribution in [2.45, 2.75) is 25.5 Å². The maximum atomic E-state index is 13.5. The molecule has 126 valence electrons. The molecule has 2 aromatic rings. The third-order valence-electron chi connectivity index (χ3n) is 3.97. The molecule has 2 heterocycles. The second-order valence-corrected chi connectivity index (χ2v) is 5.79. The van der Waals surface area contributed by atoms with Crippen molar-refractivity contribution >= 4 is 5.91 Å². The average molecular weight is 335 g/mol. The third-order valence-corrected chi connectivity index (χ3v) is 3.97. The Morgan fingerprint density at radius 1 is 1.33 bits per heavy atom. The van der Waals surface area contributed by atoms with Crippen LogP contribution < -0.4 is 5.69 Å². The van der Waals surface area contributed by atoms with E-state index in [0.717, 1.165) is 12.1 Å². The summed E-state index contributed by atoms with van der Waals surface area (Å²) in [4.78, 5) is 31.5. The molecule has 0 bridgehead atoms. The molecule has 0 saturated carbocycles. The van der Waals surface area contributed by atoms with Crippen LogP contribution in [0.1, 0.15) is 34.2 Å². The number of aliphatic hydroxyl groups excluding tert-OH is 1. The van der Waals surface area contributed by atoms with Gasteiger partial charge < -0.3 is 15.0 Å². The highest BCUT2D eigenvalue weighted by molar-refractivity contribution is 5.92. The summed E-state index contributed by atoms with van der Waals surface area (Å²) in [5.74, 6) is -2.55. The molecule has 1 aliphatic rings. The van der Waals surface area contributed by atoms with E-state index in [0.29, 0.717) is 11.3 Å². The molecule has 0 aliphatic carbocycles. The molecule has 1 aromatic heterocycles. The first-order chi connectivity index (χ1) is 11.3. The number of aliphatic hydroxyl groups is 1. The number of halogens is 2. The molecule has 3 rings (SSSR count).